The van der Waals surface area contributed by atoms with Gasteiger partial charge in [-0.15, -0.1) is 0 Å². The van der Waals surface area contributed by atoms with Gasteiger partial charge in [-0.25, -0.2) is 13.4 Å². The molecule has 2 N–H and O–H groups in total. The van der Waals surface area contributed by atoms with Crippen molar-refractivity contribution in [2.75, 3.05) is 4.72 Å². The lowest BCUT2D eigenvalue weighted by atomic mass is 10.3. The highest BCUT2D eigenvalue weighted by atomic mass is 35.5. The van der Waals surface area contributed by atoms with Crippen molar-refractivity contribution in [3.8, 4) is 0 Å². The number of H-pyrrole nitrogens is 1. The number of anilines is 1. The number of halogens is 1. The fourth-order valence-electron chi connectivity index (χ4n) is 1.88. The minimum absolute atomic E-state index is 0.114. The Kier molecular flexibility index (Phi) is 3.30. The molecule has 21 heavy (non-hydrogen) atoms. The zero-order valence-electron chi connectivity index (χ0n) is 11.0. The number of aromatic amines is 1. The molecule has 2 aromatic heterocycles. The summed E-state index contributed by atoms with van der Waals surface area (Å²) in [6, 6.07) is 9.45. The maximum absolute atomic E-state index is 12.3. The molecule has 3 aromatic rings. The average Bonchev–Trinajstić information content (AvgIpc) is 2.81. The molecule has 108 valence electrons. The summed E-state index contributed by atoms with van der Waals surface area (Å²) in [6.45, 7) is 1.85. The number of nitrogens with zero attached hydrogens (tertiary/aromatic N) is 2. The quantitative estimate of drug-likeness (QED) is 0.776. The lowest BCUT2D eigenvalue weighted by molar-refractivity contribution is 0.601. The number of hydrogen-bond donors (Lipinski definition) is 2. The highest BCUT2D eigenvalue weighted by Gasteiger charge is 2.17. The normalized spacial score (nSPS) is 11.7. The SMILES string of the molecule is Cc1ccc2c(NS(=O)(=O)c3ccc(Cl)cc3)n[nH]c2n1. The van der Waals surface area contributed by atoms with Crippen LogP contribution in [0.15, 0.2) is 41.3 Å². The van der Waals surface area contributed by atoms with Crippen LogP contribution in [-0.2, 0) is 10.0 Å². The maximum atomic E-state index is 12.3. The van der Waals surface area contributed by atoms with Gasteiger partial charge in [0.15, 0.2) is 11.5 Å². The van der Waals surface area contributed by atoms with Gasteiger partial charge in [-0.3, -0.25) is 9.82 Å². The first-order chi connectivity index (χ1) is 9.95. The summed E-state index contributed by atoms with van der Waals surface area (Å²) in [4.78, 5) is 4.35. The molecule has 0 saturated carbocycles. The van der Waals surface area contributed by atoms with Crippen LogP contribution in [0, 0.1) is 6.92 Å². The Morgan fingerprint density at radius 2 is 1.86 bits per heavy atom. The van der Waals surface area contributed by atoms with Crippen molar-refractivity contribution in [3.63, 3.8) is 0 Å². The van der Waals surface area contributed by atoms with Gasteiger partial charge in [0, 0.05) is 10.7 Å². The molecule has 1 aromatic carbocycles. The molecule has 0 fully saturated rings. The molecule has 0 saturated heterocycles. The van der Waals surface area contributed by atoms with Gasteiger partial charge in [-0.05, 0) is 43.3 Å². The van der Waals surface area contributed by atoms with E-state index in [4.69, 9.17) is 11.6 Å². The molecule has 6 nitrogen and oxygen atoms in total. The van der Waals surface area contributed by atoms with Crippen LogP contribution in [0.4, 0.5) is 5.82 Å². The number of hydrogen-bond acceptors (Lipinski definition) is 4. The van der Waals surface area contributed by atoms with Crippen molar-refractivity contribution >= 4 is 38.5 Å². The number of nitrogens with one attached hydrogen (secondary N) is 2. The summed E-state index contributed by atoms with van der Waals surface area (Å²) >= 11 is 5.76. The molecule has 0 spiro atoms. The summed E-state index contributed by atoms with van der Waals surface area (Å²) in [5.74, 6) is 0.215. The summed E-state index contributed by atoms with van der Waals surface area (Å²) in [5, 5.41) is 7.74. The Balaban J connectivity index is 1.99. The molecule has 0 aliphatic carbocycles. The number of aromatic nitrogens is 3. The third kappa shape index (κ3) is 2.70. The van der Waals surface area contributed by atoms with Crippen LogP contribution in [-0.4, -0.2) is 23.6 Å². The van der Waals surface area contributed by atoms with E-state index in [1.807, 2.05) is 6.92 Å². The third-order valence-electron chi connectivity index (χ3n) is 2.92. The van der Waals surface area contributed by atoms with Crippen molar-refractivity contribution < 1.29 is 8.42 Å². The van der Waals surface area contributed by atoms with E-state index >= 15 is 0 Å². The molecule has 3 rings (SSSR count). The number of fused-ring (bicyclic) bond motifs is 1. The zero-order chi connectivity index (χ0) is 15.0. The van der Waals surface area contributed by atoms with Crippen LogP contribution in [0.3, 0.4) is 0 Å². The predicted molar refractivity (Wildman–Crippen MR) is 80.9 cm³/mol. The maximum Gasteiger partial charge on any atom is 0.263 e. The number of rotatable bonds is 3. The molecular weight excluding hydrogens is 312 g/mol. The zero-order valence-corrected chi connectivity index (χ0v) is 12.5. The molecule has 0 bridgehead atoms. The largest absolute Gasteiger partial charge is 0.263 e. The number of aryl methyl sites for hydroxylation is 1. The molecular formula is C13H11ClN4O2S. The van der Waals surface area contributed by atoms with Crippen molar-refractivity contribution in [2.24, 2.45) is 0 Å². The van der Waals surface area contributed by atoms with Gasteiger partial charge in [0.2, 0.25) is 0 Å². The van der Waals surface area contributed by atoms with E-state index in [-0.39, 0.29) is 10.7 Å². The fourth-order valence-corrected chi connectivity index (χ4v) is 3.03. The number of benzene rings is 1. The van der Waals surface area contributed by atoms with Gasteiger partial charge in [-0.2, -0.15) is 5.10 Å². The second-order valence-electron chi connectivity index (χ2n) is 4.48. The fraction of sp³-hybridized carbons (Fsp3) is 0.0769. The van der Waals surface area contributed by atoms with Gasteiger partial charge < -0.3 is 0 Å². The molecule has 0 unspecified atom stereocenters. The molecule has 0 aliphatic heterocycles. The standard InChI is InChI=1S/C13H11ClN4O2S/c1-8-2-7-11-12(15-8)16-17-13(11)18-21(19,20)10-5-3-9(14)4-6-10/h2-7H,1H3,(H2,15,16,17,18). The van der Waals surface area contributed by atoms with Crippen molar-refractivity contribution in [1.29, 1.82) is 0 Å². The monoisotopic (exact) mass is 322 g/mol. The first-order valence-corrected chi connectivity index (χ1v) is 7.92. The van der Waals surface area contributed by atoms with Crippen molar-refractivity contribution in [1.82, 2.24) is 15.2 Å². The summed E-state index contributed by atoms with van der Waals surface area (Å²) < 4.78 is 27.0. The van der Waals surface area contributed by atoms with Crippen LogP contribution in [0.25, 0.3) is 11.0 Å². The van der Waals surface area contributed by atoms with Crippen LogP contribution in [0.2, 0.25) is 5.02 Å². The summed E-state index contributed by atoms with van der Waals surface area (Å²) in [5.41, 5.74) is 1.35. The van der Waals surface area contributed by atoms with Gasteiger partial charge in [0.05, 0.1) is 10.3 Å². The molecule has 0 amide bonds. The molecule has 2 heterocycles. The van der Waals surface area contributed by atoms with E-state index < -0.39 is 10.0 Å². The molecule has 0 radical (unpaired) electrons. The van der Waals surface area contributed by atoms with Gasteiger partial charge >= 0.3 is 0 Å². The summed E-state index contributed by atoms with van der Waals surface area (Å²) in [7, 11) is -3.72. The Hall–Kier alpha value is -2.12. The highest BCUT2D eigenvalue weighted by Crippen LogP contribution is 2.23. The van der Waals surface area contributed by atoms with Crippen LogP contribution in [0.5, 0.6) is 0 Å². The Bertz CT molecular complexity index is 904. The van der Waals surface area contributed by atoms with Gasteiger partial charge in [0.25, 0.3) is 10.0 Å². The van der Waals surface area contributed by atoms with E-state index in [1.54, 1.807) is 12.1 Å². The lowest BCUT2D eigenvalue weighted by Crippen LogP contribution is -2.13. The van der Waals surface area contributed by atoms with Crippen molar-refractivity contribution in [3.05, 3.63) is 47.1 Å². The first-order valence-electron chi connectivity index (χ1n) is 6.06. The second kappa shape index (κ2) is 5.01. The highest BCUT2D eigenvalue weighted by molar-refractivity contribution is 7.92. The van der Waals surface area contributed by atoms with Crippen LogP contribution < -0.4 is 4.72 Å². The topological polar surface area (TPSA) is 87.7 Å². The smallest absolute Gasteiger partial charge is 0.261 e. The summed E-state index contributed by atoms with van der Waals surface area (Å²) in [6.07, 6.45) is 0. The Labute approximate surface area is 126 Å². The van der Waals surface area contributed by atoms with E-state index in [2.05, 4.69) is 19.9 Å². The Morgan fingerprint density at radius 3 is 2.57 bits per heavy atom. The Morgan fingerprint density at radius 1 is 1.14 bits per heavy atom. The number of sulfonamides is 1. The van der Waals surface area contributed by atoms with Crippen molar-refractivity contribution in [2.45, 2.75) is 11.8 Å². The van der Waals surface area contributed by atoms with E-state index in [0.717, 1.165) is 5.69 Å². The van der Waals surface area contributed by atoms with E-state index in [1.165, 1.54) is 24.3 Å². The van der Waals surface area contributed by atoms with Gasteiger partial charge in [-0.1, -0.05) is 11.6 Å². The van der Waals surface area contributed by atoms with E-state index in [9.17, 15) is 8.42 Å². The number of pyridine rings is 1. The predicted octanol–water partition coefficient (Wildman–Crippen LogP) is 2.72. The lowest BCUT2D eigenvalue weighted by Gasteiger charge is -2.05. The first kappa shape index (κ1) is 13.8. The minimum atomic E-state index is -3.72. The van der Waals surface area contributed by atoms with E-state index in [0.29, 0.717) is 16.1 Å². The van der Waals surface area contributed by atoms with Gasteiger partial charge in [0.1, 0.15) is 0 Å². The third-order valence-corrected chi connectivity index (χ3v) is 4.53. The molecule has 8 heteroatoms. The van der Waals surface area contributed by atoms with Crippen LogP contribution >= 0.6 is 11.6 Å². The second-order valence-corrected chi connectivity index (χ2v) is 6.60. The molecule has 0 atom stereocenters. The van der Waals surface area contributed by atoms with Crippen LogP contribution in [0.1, 0.15) is 5.69 Å². The minimum Gasteiger partial charge on any atom is -0.261 e. The molecule has 0 aliphatic rings. The average molecular weight is 323 g/mol.